The maximum absolute atomic E-state index is 13.1. The Morgan fingerprint density at radius 3 is 2.68 bits per heavy atom. The molecule has 2 aromatic rings. The van der Waals surface area contributed by atoms with E-state index in [4.69, 9.17) is 4.42 Å². The number of aromatic nitrogens is 1. The molecule has 31 heavy (non-hydrogen) atoms. The molecule has 166 valence electrons. The van der Waals surface area contributed by atoms with E-state index in [0.29, 0.717) is 29.5 Å². The van der Waals surface area contributed by atoms with E-state index in [2.05, 4.69) is 22.1 Å². The van der Waals surface area contributed by atoms with Crippen LogP contribution in [0, 0.1) is 0 Å². The highest BCUT2D eigenvalue weighted by molar-refractivity contribution is 6.04. The van der Waals surface area contributed by atoms with Gasteiger partial charge in [-0.1, -0.05) is 24.6 Å². The lowest BCUT2D eigenvalue weighted by Crippen LogP contribution is -2.42. The van der Waals surface area contributed by atoms with Gasteiger partial charge >= 0.3 is 0 Å². The van der Waals surface area contributed by atoms with E-state index in [1.807, 2.05) is 23.1 Å². The molecule has 0 radical (unpaired) electrons. The molecule has 1 N–H and O–H groups in total. The van der Waals surface area contributed by atoms with Crippen molar-refractivity contribution in [2.75, 3.05) is 32.7 Å². The van der Waals surface area contributed by atoms with Gasteiger partial charge in [0.05, 0.1) is 5.56 Å². The standard InChI is InChI=1S/C24H32N4O3/c1-18-9-5-8-13-27(18)16-12-25-23(29)21-22(31-17-26-21)19-10-3-4-11-20(19)24(30)28-14-6-2-7-15-28/h3-4,10-11,17-18H,2,5-9,12-16H2,1H3,(H,25,29)/t18-/m0/s1. The quantitative estimate of drug-likeness (QED) is 0.767. The molecule has 7 nitrogen and oxygen atoms in total. The van der Waals surface area contributed by atoms with Gasteiger partial charge in [-0.25, -0.2) is 4.98 Å². The predicted molar refractivity (Wildman–Crippen MR) is 119 cm³/mol. The summed E-state index contributed by atoms with van der Waals surface area (Å²) in [6, 6.07) is 7.87. The van der Waals surface area contributed by atoms with Crippen molar-refractivity contribution in [1.29, 1.82) is 0 Å². The fourth-order valence-corrected chi connectivity index (χ4v) is 4.62. The van der Waals surface area contributed by atoms with E-state index in [9.17, 15) is 9.59 Å². The van der Waals surface area contributed by atoms with E-state index in [1.54, 1.807) is 6.07 Å². The van der Waals surface area contributed by atoms with Crippen LogP contribution in [0.2, 0.25) is 0 Å². The number of nitrogens with one attached hydrogen (secondary N) is 1. The van der Waals surface area contributed by atoms with E-state index < -0.39 is 0 Å². The highest BCUT2D eigenvalue weighted by atomic mass is 16.3. The third-order valence-corrected chi connectivity index (χ3v) is 6.45. The highest BCUT2D eigenvalue weighted by Crippen LogP contribution is 2.28. The summed E-state index contributed by atoms with van der Waals surface area (Å²) in [6.45, 7) is 6.25. The molecule has 0 spiro atoms. The van der Waals surface area contributed by atoms with Crippen molar-refractivity contribution in [3.05, 3.63) is 41.9 Å². The normalized spacial score (nSPS) is 19.9. The molecule has 2 amide bonds. The summed E-state index contributed by atoms with van der Waals surface area (Å²) >= 11 is 0. The minimum Gasteiger partial charge on any atom is -0.443 e. The lowest BCUT2D eigenvalue weighted by Gasteiger charge is -2.33. The van der Waals surface area contributed by atoms with Gasteiger partial charge in [0.25, 0.3) is 11.8 Å². The fourth-order valence-electron chi connectivity index (χ4n) is 4.62. The Balaban J connectivity index is 1.46. The number of likely N-dealkylation sites (tertiary alicyclic amines) is 2. The molecular formula is C24H32N4O3. The Bertz CT molecular complexity index is 904. The number of nitrogens with zero attached hydrogens (tertiary/aromatic N) is 3. The third-order valence-electron chi connectivity index (χ3n) is 6.45. The lowest BCUT2D eigenvalue weighted by molar-refractivity contribution is 0.0724. The first-order chi connectivity index (χ1) is 15.1. The topological polar surface area (TPSA) is 78.7 Å². The van der Waals surface area contributed by atoms with E-state index in [0.717, 1.165) is 45.4 Å². The second kappa shape index (κ2) is 10.1. The monoisotopic (exact) mass is 424 g/mol. The summed E-state index contributed by atoms with van der Waals surface area (Å²) in [7, 11) is 0. The van der Waals surface area contributed by atoms with Crippen LogP contribution in [0.4, 0.5) is 0 Å². The molecule has 0 saturated carbocycles. The van der Waals surface area contributed by atoms with Crippen LogP contribution in [0.3, 0.4) is 0 Å². The van der Waals surface area contributed by atoms with Crippen LogP contribution < -0.4 is 5.32 Å². The van der Waals surface area contributed by atoms with E-state index >= 15 is 0 Å². The van der Waals surface area contributed by atoms with Crippen molar-refractivity contribution in [3.63, 3.8) is 0 Å². The van der Waals surface area contributed by atoms with Gasteiger partial charge in [-0.05, 0) is 51.6 Å². The minimum atomic E-state index is -0.270. The molecule has 1 aromatic heterocycles. The average molecular weight is 425 g/mol. The zero-order valence-electron chi connectivity index (χ0n) is 18.3. The maximum Gasteiger partial charge on any atom is 0.273 e. The number of oxazole rings is 1. The maximum atomic E-state index is 13.1. The summed E-state index contributed by atoms with van der Waals surface area (Å²) in [5.41, 5.74) is 1.40. The van der Waals surface area contributed by atoms with Crippen LogP contribution in [0.15, 0.2) is 35.1 Å². The molecule has 2 saturated heterocycles. The van der Waals surface area contributed by atoms with Crippen LogP contribution in [-0.4, -0.2) is 65.4 Å². The first-order valence-electron chi connectivity index (χ1n) is 11.5. The number of carbonyl (C=O) groups is 2. The molecule has 0 bridgehead atoms. The Morgan fingerprint density at radius 2 is 1.87 bits per heavy atom. The first kappa shape index (κ1) is 21.6. The molecule has 2 fully saturated rings. The van der Waals surface area contributed by atoms with Crippen molar-refractivity contribution in [3.8, 4) is 11.3 Å². The second-order valence-corrected chi connectivity index (χ2v) is 8.57. The Hall–Kier alpha value is -2.67. The van der Waals surface area contributed by atoms with Gasteiger partial charge in [0.2, 0.25) is 0 Å². The van der Waals surface area contributed by atoms with Crippen LogP contribution in [0.25, 0.3) is 11.3 Å². The third kappa shape index (κ3) is 4.98. The molecule has 4 rings (SSSR count). The Kier molecular flexibility index (Phi) is 7.02. The van der Waals surface area contributed by atoms with Gasteiger partial charge < -0.3 is 14.6 Å². The molecule has 3 heterocycles. The van der Waals surface area contributed by atoms with Crippen molar-refractivity contribution in [2.24, 2.45) is 0 Å². The van der Waals surface area contributed by atoms with Gasteiger partial charge in [0.1, 0.15) is 0 Å². The number of amides is 2. The van der Waals surface area contributed by atoms with Crippen molar-refractivity contribution in [2.45, 2.75) is 51.5 Å². The highest BCUT2D eigenvalue weighted by Gasteiger charge is 2.26. The molecule has 2 aliphatic rings. The van der Waals surface area contributed by atoms with Gasteiger partial charge in [-0.3, -0.25) is 14.5 Å². The van der Waals surface area contributed by atoms with Gasteiger partial charge in [-0.2, -0.15) is 0 Å². The average Bonchev–Trinajstić information content (AvgIpc) is 3.30. The smallest absolute Gasteiger partial charge is 0.273 e. The number of hydrogen-bond acceptors (Lipinski definition) is 5. The van der Waals surface area contributed by atoms with E-state index in [-0.39, 0.29) is 17.5 Å². The summed E-state index contributed by atoms with van der Waals surface area (Å²) in [6.07, 6.45) is 8.20. The summed E-state index contributed by atoms with van der Waals surface area (Å²) in [5.74, 6) is 0.0654. The Morgan fingerprint density at radius 1 is 1.10 bits per heavy atom. The van der Waals surface area contributed by atoms with Crippen molar-refractivity contribution >= 4 is 11.8 Å². The molecule has 7 heteroatoms. The molecule has 1 atom stereocenters. The van der Waals surface area contributed by atoms with Gasteiger partial charge in [0.15, 0.2) is 17.8 Å². The first-order valence-corrected chi connectivity index (χ1v) is 11.5. The van der Waals surface area contributed by atoms with Crippen molar-refractivity contribution < 1.29 is 14.0 Å². The summed E-state index contributed by atoms with van der Waals surface area (Å²) in [5, 5.41) is 2.98. The van der Waals surface area contributed by atoms with Crippen molar-refractivity contribution in [1.82, 2.24) is 20.1 Å². The predicted octanol–water partition coefficient (Wildman–Crippen LogP) is 3.57. The number of hydrogen-bond donors (Lipinski definition) is 1. The lowest BCUT2D eigenvalue weighted by atomic mass is 10.0. The Labute approximate surface area is 183 Å². The zero-order valence-corrected chi connectivity index (χ0v) is 18.3. The molecular weight excluding hydrogens is 392 g/mol. The zero-order chi connectivity index (χ0) is 21.6. The second-order valence-electron chi connectivity index (χ2n) is 8.57. The van der Waals surface area contributed by atoms with Crippen LogP contribution >= 0.6 is 0 Å². The molecule has 0 aliphatic carbocycles. The summed E-state index contributed by atoms with van der Waals surface area (Å²) < 4.78 is 5.61. The molecule has 2 aliphatic heterocycles. The number of carbonyl (C=O) groups excluding carboxylic acids is 2. The number of rotatable bonds is 6. The van der Waals surface area contributed by atoms with Crippen LogP contribution in [-0.2, 0) is 0 Å². The fraction of sp³-hybridized carbons (Fsp3) is 0.542. The van der Waals surface area contributed by atoms with E-state index in [1.165, 1.54) is 25.7 Å². The van der Waals surface area contributed by atoms with Gasteiger partial charge in [-0.15, -0.1) is 0 Å². The molecule has 0 unspecified atom stereocenters. The largest absolute Gasteiger partial charge is 0.443 e. The summed E-state index contributed by atoms with van der Waals surface area (Å²) in [4.78, 5) is 34.5. The minimum absolute atomic E-state index is 0.0165. The van der Waals surface area contributed by atoms with Crippen LogP contribution in [0.1, 0.15) is 66.3 Å². The number of benzene rings is 1. The number of piperidine rings is 2. The van der Waals surface area contributed by atoms with Crippen LogP contribution in [0.5, 0.6) is 0 Å². The SMILES string of the molecule is C[C@H]1CCCCN1CCNC(=O)c1ncoc1-c1ccccc1C(=O)N1CCCCC1. The van der Waals surface area contributed by atoms with Gasteiger partial charge in [0, 0.05) is 37.8 Å². The molecule has 1 aromatic carbocycles.